The molecule has 8 heteroatoms. The van der Waals surface area contributed by atoms with Crippen LogP contribution in [0.2, 0.25) is 5.02 Å². The van der Waals surface area contributed by atoms with E-state index in [9.17, 15) is 17.2 Å². The van der Waals surface area contributed by atoms with Crippen molar-refractivity contribution in [2.45, 2.75) is 4.90 Å². The van der Waals surface area contributed by atoms with Gasteiger partial charge in [-0.25, -0.2) is 17.2 Å². The summed E-state index contributed by atoms with van der Waals surface area (Å²) < 4.78 is 52.7. The molecule has 0 heterocycles. The van der Waals surface area contributed by atoms with Crippen molar-refractivity contribution in [2.75, 3.05) is 4.72 Å². The summed E-state index contributed by atoms with van der Waals surface area (Å²) in [5.74, 6) is -2.06. The fourth-order valence-electron chi connectivity index (χ4n) is 1.57. The summed E-state index contributed by atoms with van der Waals surface area (Å²) in [7, 11) is -4.15. The number of hydrogen-bond acceptors (Lipinski definition) is 3. The molecule has 0 aliphatic rings. The first-order valence-corrected chi connectivity index (χ1v) is 7.37. The Hall–Kier alpha value is -2.17. The number of nitrogens with zero attached hydrogens (tertiary/aromatic N) is 1. The number of nitrogens with one attached hydrogen (secondary N) is 1. The van der Waals surface area contributed by atoms with E-state index >= 15 is 0 Å². The fourth-order valence-corrected chi connectivity index (χ4v) is 3.00. The molecule has 0 aliphatic carbocycles. The molecule has 0 radical (unpaired) electrons. The van der Waals surface area contributed by atoms with Crippen LogP contribution in [0.3, 0.4) is 0 Å². The Labute approximate surface area is 124 Å². The number of sulfonamides is 1. The molecule has 0 aromatic heterocycles. The fraction of sp³-hybridized carbons (Fsp3) is 0. The zero-order chi connectivity index (χ0) is 15.6. The number of hydrogen-bond donors (Lipinski definition) is 1. The lowest BCUT2D eigenvalue weighted by atomic mass is 10.2. The third-order valence-corrected chi connectivity index (χ3v) is 4.16. The van der Waals surface area contributed by atoms with Gasteiger partial charge in [0.05, 0.1) is 21.6 Å². The molecule has 0 saturated carbocycles. The van der Waals surface area contributed by atoms with E-state index in [1.54, 1.807) is 6.07 Å². The highest BCUT2D eigenvalue weighted by molar-refractivity contribution is 7.92. The van der Waals surface area contributed by atoms with Gasteiger partial charge in [0.15, 0.2) is 5.82 Å². The molecule has 0 spiro atoms. The number of anilines is 1. The number of nitriles is 1. The Balaban J connectivity index is 2.45. The minimum absolute atomic E-state index is 0.128. The Kier molecular flexibility index (Phi) is 4.11. The zero-order valence-corrected chi connectivity index (χ0v) is 11.8. The van der Waals surface area contributed by atoms with Crippen LogP contribution in [0.25, 0.3) is 0 Å². The predicted octanol–water partition coefficient (Wildman–Crippen LogP) is 3.29. The van der Waals surface area contributed by atoms with E-state index in [1.165, 1.54) is 18.2 Å². The van der Waals surface area contributed by atoms with E-state index in [4.69, 9.17) is 16.9 Å². The molecule has 0 fully saturated rings. The Morgan fingerprint density at radius 3 is 2.52 bits per heavy atom. The number of halogens is 3. The molecule has 4 nitrogen and oxygen atoms in total. The second-order valence-electron chi connectivity index (χ2n) is 3.99. The quantitative estimate of drug-likeness (QED) is 0.939. The van der Waals surface area contributed by atoms with Crippen LogP contribution in [0.5, 0.6) is 0 Å². The smallest absolute Gasteiger partial charge is 0.262 e. The van der Waals surface area contributed by atoms with Crippen LogP contribution >= 0.6 is 11.6 Å². The summed E-state index contributed by atoms with van der Waals surface area (Å²) in [6.45, 7) is 0. The van der Waals surface area contributed by atoms with Gasteiger partial charge in [-0.15, -0.1) is 0 Å². The number of rotatable bonds is 3. The minimum Gasteiger partial charge on any atom is -0.275 e. The molecule has 0 unspecified atom stereocenters. The average molecular weight is 329 g/mol. The van der Waals surface area contributed by atoms with Crippen LogP contribution in [0.15, 0.2) is 41.3 Å². The first-order chi connectivity index (χ1) is 9.83. The van der Waals surface area contributed by atoms with Gasteiger partial charge in [0.2, 0.25) is 0 Å². The van der Waals surface area contributed by atoms with E-state index in [0.717, 1.165) is 12.1 Å². The monoisotopic (exact) mass is 328 g/mol. The lowest BCUT2D eigenvalue weighted by molar-refractivity contribution is 0.583. The van der Waals surface area contributed by atoms with Crippen molar-refractivity contribution in [1.82, 2.24) is 0 Å². The lowest BCUT2D eigenvalue weighted by Crippen LogP contribution is -2.14. The molecule has 0 atom stereocenters. The van der Waals surface area contributed by atoms with Gasteiger partial charge in [0, 0.05) is 6.07 Å². The van der Waals surface area contributed by atoms with Gasteiger partial charge in [0.1, 0.15) is 11.5 Å². The molecule has 108 valence electrons. The molecule has 21 heavy (non-hydrogen) atoms. The minimum atomic E-state index is -4.15. The van der Waals surface area contributed by atoms with Crippen molar-refractivity contribution in [1.29, 1.82) is 5.26 Å². The molecule has 2 rings (SSSR count). The summed E-state index contributed by atoms with van der Waals surface area (Å²) in [5.41, 5.74) is -0.427. The molecule has 0 saturated heterocycles. The largest absolute Gasteiger partial charge is 0.275 e. The average Bonchev–Trinajstić information content (AvgIpc) is 2.43. The van der Waals surface area contributed by atoms with Crippen molar-refractivity contribution in [3.05, 3.63) is 58.6 Å². The normalized spacial score (nSPS) is 11.0. The molecule has 0 aliphatic heterocycles. The van der Waals surface area contributed by atoms with Gasteiger partial charge >= 0.3 is 0 Å². The second kappa shape index (κ2) is 5.68. The van der Waals surface area contributed by atoms with Gasteiger partial charge in [-0.1, -0.05) is 17.7 Å². The topological polar surface area (TPSA) is 70.0 Å². The van der Waals surface area contributed by atoms with Gasteiger partial charge in [-0.3, -0.25) is 4.72 Å². The van der Waals surface area contributed by atoms with Crippen LogP contribution in [-0.2, 0) is 10.0 Å². The summed E-state index contributed by atoms with van der Waals surface area (Å²) in [6, 6.07) is 8.24. The first kappa shape index (κ1) is 15.2. The zero-order valence-electron chi connectivity index (χ0n) is 10.3. The maximum atomic E-state index is 13.6. The van der Waals surface area contributed by atoms with Crippen LogP contribution in [0, 0.1) is 23.0 Å². The van der Waals surface area contributed by atoms with Crippen LogP contribution in [-0.4, -0.2) is 8.42 Å². The predicted molar refractivity (Wildman–Crippen MR) is 73.3 cm³/mol. The third kappa shape index (κ3) is 3.29. The van der Waals surface area contributed by atoms with Gasteiger partial charge in [-0.2, -0.15) is 5.26 Å². The van der Waals surface area contributed by atoms with Crippen LogP contribution in [0.1, 0.15) is 5.56 Å². The molecule has 0 amide bonds. The summed E-state index contributed by atoms with van der Waals surface area (Å²) in [6.07, 6.45) is 0. The SMILES string of the molecule is N#Cc1cccc(S(=O)(=O)Nc2c(F)cc(F)cc2Cl)c1. The first-order valence-electron chi connectivity index (χ1n) is 5.51. The molecular weight excluding hydrogens is 322 g/mol. The van der Waals surface area contributed by atoms with Crippen LogP contribution < -0.4 is 4.72 Å². The van der Waals surface area contributed by atoms with Gasteiger partial charge < -0.3 is 0 Å². The summed E-state index contributed by atoms with van der Waals surface area (Å²) >= 11 is 5.63. The van der Waals surface area contributed by atoms with E-state index in [0.29, 0.717) is 6.07 Å². The van der Waals surface area contributed by atoms with Crippen molar-refractivity contribution >= 4 is 27.3 Å². The Morgan fingerprint density at radius 2 is 1.90 bits per heavy atom. The van der Waals surface area contributed by atoms with E-state index in [-0.39, 0.29) is 10.5 Å². The molecule has 1 N–H and O–H groups in total. The van der Waals surface area contributed by atoms with Crippen LogP contribution in [0.4, 0.5) is 14.5 Å². The standard InChI is InChI=1S/C13H7ClF2N2O2S/c14-11-5-9(15)6-12(16)13(11)18-21(19,20)10-3-1-2-8(4-10)7-17/h1-6,18H. The Bertz CT molecular complexity index is 824. The van der Waals surface area contributed by atoms with Crippen molar-refractivity contribution in [2.24, 2.45) is 0 Å². The van der Waals surface area contributed by atoms with Crippen molar-refractivity contribution in [3.63, 3.8) is 0 Å². The highest BCUT2D eigenvalue weighted by Crippen LogP contribution is 2.28. The lowest BCUT2D eigenvalue weighted by Gasteiger charge is -2.10. The maximum absolute atomic E-state index is 13.6. The summed E-state index contributed by atoms with van der Waals surface area (Å²) in [5, 5.41) is 8.34. The molecular formula is C13H7ClF2N2O2S. The molecule has 0 bridgehead atoms. The van der Waals surface area contributed by atoms with E-state index in [1.807, 2.05) is 4.72 Å². The van der Waals surface area contributed by atoms with Crippen molar-refractivity contribution in [3.8, 4) is 6.07 Å². The molecule has 2 aromatic carbocycles. The Morgan fingerprint density at radius 1 is 1.19 bits per heavy atom. The summed E-state index contributed by atoms with van der Waals surface area (Å²) in [4.78, 5) is -0.235. The number of benzene rings is 2. The van der Waals surface area contributed by atoms with Gasteiger partial charge in [0.25, 0.3) is 10.0 Å². The maximum Gasteiger partial charge on any atom is 0.262 e. The van der Waals surface area contributed by atoms with E-state index in [2.05, 4.69) is 0 Å². The molecule has 2 aromatic rings. The van der Waals surface area contributed by atoms with Crippen molar-refractivity contribution < 1.29 is 17.2 Å². The highest BCUT2D eigenvalue weighted by atomic mass is 35.5. The van der Waals surface area contributed by atoms with Gasteiger partial charge in [-0.05, 0) is 24.3 Å². The van der Waals surface area contributed by atoms with E-state index < -0.39 is 32.4 Å². The highest BCUT2D eigenvalue weighted by Gasteiger charge is 2.19. The third-order valence-electron chi connectivity index (χ3n) is 2.52. The second-order valence-corrected chi connectivity index (χ2v) is 6.08.